The number of nitro benzene ring substituents is 1. The molecule has 0 bridgehead atoms. The minimum atomic E-state index is -3.35. The molecule has 0 saturated carbocycles. The fraction of sp³-hybridized carbons (Fsp3) is 0.250. The van der Waals surface area contributed by atoms with E-state index in [0.29, 0.717) is 13.1 Å². The number of hydrogen-bond donors (Lipinski definition) is 2. The third-order valence-electron chi connectivity index (χ3n) is 3.36. The number of rotatable bonds is 9. The van der Waals surface area contributed by atoms with E-state index in [1.54, 1.807) is 12.1 Å². The van der Waals surface area contributed by atoms with Gasteiger partial charge in [-0.05, 0) is 11.1 Å². The highest BCUT2D eigenvalue weighted by Crippen LogP contribution is 2.11. The van der Waals surface area contributed by atoms with Gasteiger partial charge in [-0.15, -0.1) is 0 Å². The molecular formula is C16H19N3O4S. The summed E-state index contributed by atoms with van der Waals surface area (Å²) in [7, 11) is -3.35. The SMILES string of the molecule is O=[N+]([O-])c1ccc(CNCCS(=O)(=O)NCc2ccccc2)cc1. The lowest BCUT2D eigenvalue weighted by Gasteiger charge is -2.08. The van der Waals surface area contributed by atoms with Crippen molar-refractivity contribution in [1.29, 1.82) is 0 Å². The van der Waals surface area contributed by atoms with E-state index in [2.05, 4.69) is 10.0 Å². The van der Waals surface area contributed by atoms with Crippen molar-refractivity contribution in [3.8, 4) is 0 Å². The maximum atomic E-state index is 11.9. The molecule has 2 rings (SSSR count). The van der Waals surface area contributed by atoms with E-state index in [0.717, 1.165) is 11.1 Å². The molecule has 0 fully saturated rings. The molecule has 2 aromatic rings. The van der Waals surface area contributed by atoms with Gasteiger partial charge in [-0.2, -0.15) is 0 Å². The van der Waals surface area contributed by atoms with Gasteiger partial charge in [0.15, 0.2) is 0 Å². The molecule has 8 heteroatoms. The quantitative estimate of drug-likeness (QED) is 0.408. The molecular weight excluding hydrogens is 330 g/mol. The Bertz CT molecular complexity index is 762. The second-order valence-corrected chi connectivity index (χ2v) is 7.15. The lowest BCUT2D eigenvalue weighted by atomic mass is 10.2. The van der Waals surface area contributed by atoms with Gasteiger partial charge >= 0.3 is 0 Å². The Kier molecular flexibility index (Phi) is 6.42. The van der Waals surface area contributed by atoms with E-state index in [9.17, 15) is 18.5 Å². The van der Waals surface area contributed by atoms with E-state index in [4.69, 9.17) is 0 Å². The summed E-state index contributed by atoms with van der Waals surface area (Å²) in [6.45, 7) is 1.01. The molecule has 2 aromatic carbocycles. The summed E-state index contributed by atoms with van der Waals surface area (Å²) in [5.41, 5.74) is 1.79. The van der Waals surface area contributed by atoms with E-state index >= 15 is 0 Å². The lowest BCUT2D eigenvalue weighted by Crippen LogP contribution is -2.31. The molecule has 0 atom stereocenters. The summed E-state index contributed by atoms with van der Waals surface area (Å²) in [6.07, 6.45) is 0. The molecule has 24 heavy (non-hydrogen) atoms. The average molecular weight is 349 g/mol. The summed E-state index contributed by atoms with van der Waals surface area (Å²) in [5, 5.41) is 13.6. The molecule has 0 unspecified atom stereocenters. The summed E-state index contributed by atoms with van der Waals surface area (Å²) in [4.78, 5) is 10.1. The summed E-state index contributed by atoms with van der Waals surface area (Å²) < 4.78 is 26.4. The monoisotopic (exact) mass is 349 g/mol. The summed E-state index contributed by atoms with van der Waals surface area (Å²) in [6, 6.07) is 15.4. The molecule has 128 valence electrons. The Labute approximate surface area is 140 Å². The zero-order valence-electron chi connectivity index (χ0n) is 13.0. The van der Waals surface area contributed by atoms with Crippen LogP contribution in [0.2, 0.25) is 0 Å². The van der Waals surface area contributed by atoms with Crippen molar-refractivity contribution in [3.63, 3.8) is 0 Å². The van der Waals surface area contributed by atoms with Crippen molar-refractivity contribution < 1.29 is 13.3 Å². The van der Waals surface area contributed by atoms with Crippen LogP contribution in [0.5, 0.6) is 0 Å². The normalized spacial score (nSPS) is 11.3. The number of sulfonamides is 1. The van der Waals surface area contributed by atoms with E-state index < -0.39 is 14.9 Å². The number of nitrogens with one attached hydrogen (secondary N) is 2. The van der Waals surface area contributed by atoms with Gasteiger partial charge < -0.3 is 5.32 Å². The maximum absolute atomic E-state index is 11.9. The molecule has 7 nitrogen and oxygen atoms in total. The number of benzene rings is 2. The third kappa shape index (κ3) is 6.07. The van der Waals surface area contributed by atoms with Gasteiger partial charge in [-0.25, -0.2) is 13.1 Å². The van der Waals surface area contributed by atoms with E-state index in [-0.39, 0.29) is 18.0 Å². The number of non-ortho nitro benzene ring substituents is 1. The fourth-order valence-corrected chi connectivity index (χ4v) is 2.98. The first-order chi connectivity index (χ1) is 11.5. The van der Waals surface area contributed by atoms with Crippen LogP contribution in [0.4, 0.5) is 5.69 Å². The minimum absolute atomic E-state index is 0.0337. The first kappa shape index (κ1) is 18.1. The van der Waals surface area contributed by atoms with Gasteiger partial charge in [0.05, 0.1) is 10.7 Å². The standard InChI is InChI=1S/C16H19N3O4S/c20-19(21)16-8-6-15(7-9-16)12-17-10-11-24(22,23)18-13-14-4-2-1-3-5-14/h1-9,17-18H,10-13H2. The lowest BCUT2D eigenvalue weighted by molar-refractivity contribution is -0.384. The van der Waals surface area contributed by atoms with Crippen molar-refractivity contribution in [2.45, 2.75) is 13.1 Å². The second kappa shape index (κ2) is 8.53. The van der Waals surface area contributed by atoms with Crippen LogP contribution in [0.3, 0.4) is 0 Å². The van der Waals surface area contributed by atoms with Crippen molar-refractivity contribution in [3.05, 3.63) is 75.8 Å². The first-order valence-corrected chi connectivity index (χ1v) is 9.07. The van der Waals surface area contributed by atoms with Gasteiger partial charge in [0.2, 0.25) is 10.0 Å². The van der Waals surface area contributed by atoms with Crippen LogP contribution < -0.4 is 10.0 Å². The van der Waals surface area contributed by atoms with Crippen LogP contribution in [-0.2, 0) is 23.1 Å². The molecule has 0 radical (unpaired) electrons. The zero-order chi connectivity index (χ0) is 17.4. The highest BCUT2D eigenvalue weighted by molar-refractivity contribution is 7.89. The molecule has 0 saturated heterocycles. The predicted molar refractivity (Wildman–Crippen MR) is 91.9 cm³/mol. The van der Waals surface area contributed by atoms with Crippen LogP contribution >= 0.6 is 0 Å². The summed E-state index contributed by atoms with van der Waals surface area (Å²) >= 11 is 0. The average Bonchev–Trinajstić information content (AvgIpc) is 2.58. The Balaban J connectivity index is 1.71. The van der Waals surface area contributed by atoms with Crippen molar-refractivity contribution in [1.82, 2.24) is 10.0 Å². The third-order valence-corrected chi connectivity index (χ3v) is 4.69. The largest absolute Gasteiger partial charge is 0.312 e. The van der Waals surface area contributed by atoms with Gasteiger partial charge in [0, 0.05) is 31.8 Å². The van der Waals surface area contributed by atoms with Gasteiger partial charge in [-0.1, -0.05) is 42.5 Å². The van der Waals surface area contributed by atoms with Crippen molar-refractivity contribution >= 4 is 15.7 Å². The van der Waals surface area contributed by atoms with Gasteiger partial charge in [-0.3, -0.25) is 10.1 Å². The van der Waals surface area contributed by atoms with Crippen LogP contribution in [0.25, 0.3) is 0 Å². The highest BCUT2D eigenvalue weighted by Gasteiger charge is 2.09. The highest BCUT2D eigenvalue weighted by atomic mass is 32.2. The van der Waals surface area contributed by atoms with Crippen LogP contribution in [-0.4, -0.2) is 25.6 Å². The maximum Gasteiger partial charge on any atom is 0.269 e. The van der Waals surface area contributed by atoms with Gasteiger partial charge in [0.1, 0.15) is 0 Å². The van der Waals surface area contributed by atoms with E-state index in [1.807, 2.05) is 30.3 Å². The zero-order valence-corrected chi connectivity index (χ0v) is 13.8. The van der Waals surface area contributed by atoms with Crippen LogP contribution in [0, 0.1) is 10.1 Å². The smallest absolute Gasteiger partial charge is 0.269 e. The molecule has 0 aliphatic rings. The fourth-order valence-electron chi connectivity index (χ4n) is 2.04. The molecule has 2 N–H and O–H groups in total. The van der Waals surface area contributed by atoms with Crippen LogP contribution in [0.1, 0.15) is 11.1 Å². The van der Waals surface area contributed by atoms with Crippen molar-refractivity contribution in [2.75, 3.05) is 12.3 Å². The Hall–Kier alpha value is -2.29. The predicted octanol–water partition coefficient (Wildman–Crippen LogP) is 1.80. The Morgan fingerprint density at radius 2 is 1.54 bits per heavy atom. The second-order valence-electron chi connectivity index (χ2n) is 5.23. The Morgan fingerprint density at radius 1 is 0.917 bits per heavy atom. The summed E-state index contributed by atoms with van der Waals surface area (Å²) in [5.74, 6) is -0.0349. The molecule has 0 amide bonds. The minimum Gasteiger partial charge on any atom is -0.312 e. The van der Waals surface area contributed by atoms with Crippen molar-refractivity contribution in [2.24, 2.45) is 0 Å². The number of nitro groups is 1. The van der Waals surface area contributed by atoms with Gasteiger partial charge in [0.25, 0.3) is 5.69 Å². The number of hydrogen-bond acceptors (Lipinski definition) is 5. The molecule has 0 spiro atoms. The molecule has 0 heterocycles. The van der Waals surface area contributed by atoms with Crippen LogP contribution in [0.15, 0.2) is 54.6 Å². The molecule has 0 aliphatic carbocycles. The topological polar surface area (TPSA) is 101 Å². The van der Waals surface area contributed by atoms with E-state index in [1.165, 1.54) is 12.1 Å². The molecule has 0 aromatic heterocycles. The first-order valence-electron chi connectivity index (χ1n) is 7.41. The molecule has 0 aliphatic heterocycles. The Morgan fingerprint density at radius 3 is 2.17 bits per heavy atom. The number of nitrogens with zero attached hydrogens (tertiary/aromatic N) is 1.